The highest BCUT2D eigenvalue weighted by atomic mass is 19.4. The molecule has 2 unspecified atom stereocenters. The highest BCUT2D eigenvalue weighted by Gasteiger charge is 2.79. The van der Waals surface area contributed by atoms with Gasteiger partial charge in [-0.15, -0.1) is 0 Å². The van der Waals surface area contributed by atoms with Crippen molar-refractivity contribution < 1.29 is 31.9 Å². The molecule has 0 aromatic heterocycles. The minimum atomic E-state index is -5.85. The van der Waals surface area contributed by atoms with Crippen LogP contribution < -0.4 is 0 Å². The van der Waals surface area contributed by atoms with Crippen molar-refractivity contribution in [2.75, 3.05) is 26.2 Å². The molecule has 3 fully saturated rings. The summed E-state index contributed by atoms with van der Waals surface area (Å²) in [5.74, 6) is -6.30. The minimum absolute atomic E-state index is 0.000876. The molecule has 1 N–H and O–H groups in total. The van der Waals surface area contributed by atoms with Gasteiger partial charge in [0, 0.05) is 57.0 Å². The number of alkyl halides is 5. The average Bonchev–Trinajstić information content (AvgIpc) is 3.33. The first-order valence-corrected chi connectivity index (χ1v) is 17.0. The molecule has 0 bridgehead atoms. The Morgan fingerprint density at radius 1 is 0.830 bits per heavy atom. The van der Waals surface area contributed by atoms with Crippen molar-refractivity contribution in [3.05, 3.63) is 94.1 Å². The van der Waals surface area contributed by atoms with E-state index in [1.165, 1.54) is 12.5 Å². The zero-order valence-electron chi connectivity index (χ0n) is 26.8. The van der Waals surface area contributed by atoms with E-state index in [0.29, 0.717) is 25.7 Å². The highest BCUT2D eigenvalue weighted by molar-refractivity contribution is 5.93. The Balaban J connectivity index is 1.15. The van der Waals surface area contributed by atoms with Crippen LogP contribution in [0, 0.1) is 17.3 Å². The van der Waals surface area contributed by atoms with Gasteiger partial charge in [0.2, 0.25) is 0 Å². The van der Waals surface area contributed by atoms with E-state index in [1.807, 2.05) is 18.2 Å². The molecule has 1 aliphatic heterocycles. The number of carbonyl (C=O) groups is 1. The monoisotopic (exact) mass is 654 g/mol. The second-order valence-corrected chi connectivity index (χ2v) is 14.7. The molecule has 252 valence electrons. The Hall–Kier alpha value is -2.88. The number of allylic oxidation sites excluding steroid dienone is 4. The third-order valence-electron chi connectivity index (χ3n) is 12.3. The van der Waals surface area contributed by atoms with Crippen LogP contribution in [-0.2, 0) is 17.9 Å². The van der Waals surface area contributed by atoms with Crippen molar-refractivity contribution in [2.24, 2.45) is 17.3 Å². The molecule has 1 saturated heterocycles. The van der Waals surface area contributed by atoms with Crippen molar-refractivity contribution in [1.82, 2.24) is 9.80 Å². The lowest BCUT2D eigenvalue weighted by atomic mass is 9.50. The van der Waals surface area contributed by atoms with Gasteiger partial charge in [-0.05, 0) is 84.3 Å². The predicted octanol–water partition coefficient (Wildman–Crippen LogP) is 7.83. The van der Waals surface area contributed by atoms with E-state index in [2.05, 4.69) is 46.2 Å². The van der Waals surface area contributed by atoms with Crippen LogP contribution >= 0.6 is 0 Å². The van der Waals surface area contributed by atoms with Gasteiger partial charge in [0.15, 0.2) is 5.78 Å². The van der Waals surface area contributed by atoms with Gasteiger partial charge in [-0.1, -0.05) is 67.1 Å². The summed E-state index contributed by atoms with van der Waals surface area (Å²) < 4.78 is 72.1. The smallest absolute Gasteiger partial charge is 0.383 e. The van der Waals surface area contributed by atoms with Crippen molar-refractivity contribution in [3.8, 4) is 0 Å². The first-order chi connectivity index (χ1) is 22.3. The molecule has 7 rings (SSSR count). The standard InChI is InChI=1S/C38H43F5N2O2/c1-35-22-32(27-9-7-26(8-10-27)24-45-19-17-44(18-20-45)23-25-5-3-2-4-6-25)34-30-14-12-29(46)21-28(30)11-13-31(34)33(35)15-16-36(35,47)37(39,40)38(41,42)43/h2-10,21,31-33,47H,11-20,22-24H2,1H3/t31?,32-,33?,35+,36+/m1/s1. The van der Waals surface area contributed by atoms with Crippen LogP contribution in [0.15, 0.2) is 77.4 Å². The van der Waals surface area contributed by atoms with Crippen LogP contribution in [0.1, 0.15) is 74.5 Å². The largest absolute Gasteiger partial charge is 0.456 e. The maximum absolute atomic E-state index is 15.3. The van der Waals surface area contributed by atoms with E-state index in [1.54, 1.807) is 6.08 Å². The molecule has 9 heteroatoms. The number of hydrogen-bond acceptors (Lipinski definition) is 4. The summed E-state index contributed by atoms with van der Waals surface area (Å²) in [5, 5.41) is 11.5. The first kappa shape index (κ1) is 32.7. The number of benzene rings is 2. The molecule has 0 spiro atoms. The molecule has 4 nitrogen and oxygen atoms in total. The van der Waals surface area contributed by atoms with Gasteiger partial charge < -0.3 is 5.11 Å². The molecule has 2 aromatic carbocycles. The molecule has 4 aliphatic carbocycles. The van der Waals surface area contributed by atoms with Crippen LogP contribution in [0.4, 0.5) is 22.0 Å². The summed E-state index contributed by atoms with van der Waals surface area (Å²) in [5.41, 5.74) is 1.62. The fourth-order valence-corrected chi connectivity index (χ4v) is 9.77. The summed E-state index contributed by atoms with van der Waals surface area (Å²) in [6.07, 6.45) is -2.51. The predicted molar refractivity (Wildman–Crippen MR) is 170 cm³/mol. The highest BCUT2D eigenvalue weighted by Crippen LogP contribution is 2.70. The van der Waals surface area contributed by atoms with Gasteiger partial charge in [-0.3, -0.25) is 14.6 Å². The molecule has 5 atom stereocenters. The van der Waals surface area contributed by atoms with E-state index in [0.717, 1.165) is 67.1 Å². The van der Waals surface area contributed by atoms with E-state index >= 15 is 8.78 Å². The van der Waals surface area contributed by atoms with E-state index in [-0.39, 0.29) is 24.5 Å². The van der Waals surface area contributed by atoms with Crippen LogP contribution in [0.3, 0.4) is 0 Å². The number of hydrogen-bond donors (Lipinski definition) is 1. The molecule has 1 heterocycles. The van der Waals surface area contributed by atoms with Gasteiger partial charge in [0.05, 0.1) is 0 Å². The number of ketones is 1. The summed E-state index contributed by atoms with van der Waals surface area (Å²) in [6, 6.07) is 18.5. The van der Waals surface area contributed by atoms with Crippen LogP contribution in [0.2, 0.25) is 0 Å². The Morgan fingerprint density at radius 2 is 1.45 bits per heavy atom. The minimum Gasteiger partial charge on any atom is -0.383 e. The lowest BCUT2D eigenvalue weighted by molar-refractivity contribution is -0.362. The van der Waals surface area contributed by atoms with E-state index in [4.69, 9.17) is 0 Å². The Bertz CT molecular complexity index is 1560. The van der Waals surface area contributed by atoms with Crippen LogP contribution in [-0.4, -0.2) is 64.6 Å². The van der Waals surface area contributed by atoms with Crippen molar-refractivity contribution in [2.45, 2.75) is 88.6 Å². The number of rotatable bonds is 6. The van der Waals surface area contributed by atoms with E-state index in [9.17, 15) is 23.1 Å². The Morgan fingerprint density at radius 3 is 2.06 bits per heavy atom. The average molecular weight is 655 g/mol. The van der Waals surface area contributed by atoms with Crippen LogP contribution in [0.25, 0.3) is 0 Å². The lowest BCUT2D eigenvalue weighted by Gasteiger charge is -2.56. The van der Waals surface area contributed by atoms with Crippen molar-refractivity contribution in [1.29, 1.82) is 0 Å². The topological polar surface area (TPSA) is 43.8 Å². The molecular weight excluding hydrogens is 611 g/mol. The Labute approximate surface area is 273 Å². The van der Waals surface area contributed by atoms with Gasteiger partial charge >= 0.3 is 12.1 Å². The van der Waals surface area contributed by atoms with Crippen molar-refractivity contribution in [3.63, 3.8) is 0 Å². The molecule has 2 aromatic rings. The normalized spacial score (nSPS) is 32.1. The number of halogens is 5. The van der Waals surface area contributed by atoms with Gasteiger partial charge in [-0.2, -0.15) is 22.0 Å². The molecule has 47 heavy (non-hydrogen) atoms. The zero-order chi connectivity index (χ0) is 33.2. The number of piperazine rings is 1. The molecule has 0 radical (unpaired) electrons. The number of aliphatic hydroxyl groups is 1. The maximum Gasteiger partial charge on any atom is 0.456 e. The molecule has 0 amide bonds. The summed E-state index contributed by atoms with van der Waals surface area (Å²) in [7, 11) is 0. The Kier molecular flexibility index (Phi) is 8.28. The lowest BCUT2D eigenvalue weighted by Crippen LogP contribution is -2.65. The fourth-order valence-electron chi connectivity index (χ4n) is 9.77. The SMILES string of the molecule is C[C@]12C[C@H](c3ccc(CN4CCN(Cc5ccccc5)CC4)cc3)C3=C4CCC(=O)C=C4CCC3C1CC[C@@]2(O)C(F)(F)C(F)(F)F. The molecule has 2 saturated carbocycles. The van der Waals surface area contributed by atoms with Gasteiger partial charge in [0.25, 0.3) is 0 Å². The first-order valence-electron chi connectivity index (χ1n) is 17.0. The second-order valence-electron chi connectivity index (χ2n) is 14.7. The number of fused-ring (bicyclic) bond motifs is 4. The summed E-state index contributed by atoms with van der Waals surface area (Å²) in [6.45, 7) is 6.99. The second kappa shape index (κ2) is 11.9. The number of nitrogens with zero attached hydrogens (tertiary/aromatic N) is 2. The van der Waals surface area contributed by atoms with Crippen LogP contribution in [0.5, 0.6) is 0 Å². The third-order valence-corrected chi connectivity index (χ3v) is 12.3. The number of carbonyl (C=O) groups excluding carboxylic acids is 1. The zero-order valence-corrected chi connectivity index (χ0v) is 26.8. The summed E-state index contributed by atoms with van der Waals surface area (Å²) in [4.78, 5) is 17.2. The molecular formula is C38H43F5N2O2. The quantitative estimate of drug-likeness (QED) is 0.323. The van der Waals surface area contributed by atoms with Gasteiger partial charge in [-0.25, -0.2) is 0 Å². The fraction of sp³-hybridized carbons (Fsp3) is 0.553. The maximum atomic E-state index is 15.3. The summed E-state index contributed by atoms with van der Waals surface area (Å²) >= 11 is 0. The van der Waals surface area contributed by atoms with E-state index < -0.39 is 41.4 Å². The molecule has 5 aliphatic rings. The van der Waals surface area contributed by atoms with Crippen molar-refractivity contribution >= 4 is 5.78 Å². The third kappa shape index (κ3) is 5.50. The van der Waals surface area contributed by atoms with Gasteiger partial charge in [0.1, 0.15) is 5.60 Å².